The number of likely N-dealkylation sites (tertiary alicyclic amines) is 1. The Labute approximate surface area is 182 Å². The number of hydrogen-bond donors (Lipinski definition) is 0. The van der Waals surface area contributed by atoms with E-state index in [0.717, 1.165) is 68.8 Å². The zero-order valence-electron chi connectivity index (χ0n) is 18.2. The summed E-state index contributed by atoms with van der Waals surface area (Å²) in [5.41, 5.74) is 4.01. The molecule has 31 heavy (non-hydrogen) atoms. The van der Waals surface area contributed by atoms with Crippen LogP contribution in [0.5, 0.6) is 0 Å². The van der Waals surface area contributed by atoms with Crippen molar-refractivity contribution in [2.75, 3.05) is 44.8 Å². The van der Waals surface area contributed by atoms with E-state index in [-0.39, 0.29) is 5.91 Å². The van der Waals surface area contributed by atoms with Gasteiger partial charge in [-0.3, -0.25) is 14.4 Å². The number of carbonyl (C=O) groups excluding carboxylic acids is 1. The lowest BCUT2D eigenvalue weighted by molar-refractivity contribution is 0.0712. The van der Waals surface area contributed by atoms with Gasteiger partial charge in [-0.15, -0.1) is 0 Å². The Balaban J connectivity index is 1.30. The fourth-order valence-corrected chi connectivity index (χ4v) is 4.71. The average molecular weight is 420 g/mol. The number of anilines is 1. The first-order valence-electron chi connectivity index (χ1n) is 11.1. The first kappa shape index (κ1) is 19.9. The van der Waals surface area contributed by atoms with Crippen LogP contribution in [0.1, 0.15) is 41.7 Å². The molecule has 0 aliphatic carbocycles. The molecule has 0 atom stereocenters. The number of aromatic nitrogens is 4. The molecular weight excluding hydrogens is 390 g/mol. The molecule has 2 aromatic heterocycles. The molecule has 0 unspecified atom stereocenters. The molecule has 1 amide bonds. The number of nitrogens with zero attached hydrogens (tertiary/aromatic N) is 7. The SMILES string of the molecule is CCn1cc(C(=O)N2CCC(c3ncnc4cc(N5CCN(C)C5)ccc34)CC2)cn1. The summed E-state index contributed by atoms with van der Waals surface area (Å²) in [5, 5.41) is 5.37. The van der Waals surface area contributed by atoms with Crippen LogP contribution in [0.15, 0.2) is 36.9 Å². The Hall–Kier alpha value is -3.00. The highest BCUT2D eigenvalue weighted by Gasteiger charge is 2.27. The maximum Gasteiger partial charge on any atom is 0.257 e. The van der Waals surface area contributed by atoms with Gasteiger partial charge in [-0.25, -0.2) is 9.97 Å². The summed E-state index contributed by atoms with van der Waals surface area (Å²) in [5.74, 6) is 0.419. The van der Waals surface area contributed by atoms with Gasteiger partial charge in [0.1, 0.15) is 6.33 Å². The van der Waals surface area contributed by atoms with Crippen molar-refractivity contribution in [2.24, 2.45) is 0 Å². The van der Waals surface area contributed by atoms with Gasteiger partial charge in [0.25, 0.3) is 5.91 Å². The summed E-state index contributed by atoms with van der Waals surface area (Å²) in [7, 11) is 2.15. The van der Waals surface area contributed by atoms with Crippen molar-refractivity contribution in [3.8, 4) is 0 Å². The van der Waals surface area contributed by atoms with Crippen molar-refractivity contribution >= 4 is 22.5 Å². The Morgan fingerprint density at radius 1 is 1.13 bits per heavy atom. The predicted octanol–water partition coefficient (Wildman–Crippen LogP) is 2.58. The van der Waals surface area contributed by atoms with E-state index < -0.39 is 0 Å². The van der Waals surface area contributed by atoms with Crippen molar-refractivity contribution in [2.45, 2.75) is 32.2 Å². The minimum atomic E-state index is 0.0749. The van der Waals surface area contributed by atoms with E-state index in [1.165, 1.54) is 5.69 Å². The summed E-state index contributed by atoms with van der Waals surface area (Å²) in [4.78, 5) is 28.7. The topological polar surface area (TPSA) is 70.4 Å². The van der Waals surface area contributed by atoms with Crippen LogP contribution in [0.4, 0.5) is 5.69 Å². The molecule has 0 spiro atoms. The first-order chi connectivity index (χ1) is 15.1. The molecule has 1 aromatic carbocycles. The fourth-order valence-electron chi connectivity index (χ4n) is 4.71. The number of amides is 1. The normalized spacial score (nSPS) is 18.3. The molecule has 0 saturated carbocycles. The van der Waals surface area contributed by atoms with Crippen LogP contribution in [0.25, 0.3) is 10.9 Å². The highest BCUT2D eigenvalue weighted by molar-refractivity contribution is 5.93. The lowest BCUT2D eigenvalue weighted by atomic mass is 9.90. The van der Waals surface area contributed by atoms with Crippen LogP contribution in [0.2, 0.25) is 0 Å². The van der Waals surface area contributed by atoms with Gasteiger partial charge >= 0.3 is 0 Å². The molecule has 2 fully saturated rings. The van der Waals surface area contributed by atoms with E-state index in [1.807, 2.05) is 18.0 Å². The number of benzene rings is 1. The molecule has 0 bridgehead atoms. The molecule has 5 rings (SSSR count). The minimum absolute atomic E-state index is 0.0749. The average Bonchev–Trinajstić information content (AvgIpc) is 3.47. The Morgan fingerprint density at radius 2 is 1.97 bits per heavy atom. The van der Waals surface area contributed by atoms with Gasteiger partial charge in [-0.2, -0.15) is 5.10 Å². The van der Waals surface area contributed by atoms with Crippen LogP contribution >= 0.6 is 0 Å². The summed E-state index contributed by atoms with van der Waals surface area (Å²) in [6.07, 6.45) is 7.03. The number of piperidine rings is 1. The quantitative estimate of drug-likeness (QED) is 0.647. The van der Waals surface area contributed by atoms with Crippen molar-refractivity contribution in [3.05, 3.63) is 48.2 Å². The molecule has 8 nitrogen and oxygen atoms in total. The Kier molecular flexibility index (Phi) is 5.31. The van der Waals surface area contributed by atoms with Crippen LogP contribution in [0, 0.1) is 0 Å². The molecule has 8 heteroatoms. The second-order valence-electron chi connectivity index (χ2n) is 8.60. The zero-order chi connectivity index (χ0) is 21.4. The second kappa shape index (κ2) is 8.26. The maximum atomic E-state index is 12.8. The number of aryl methyl sites for hydroxylation is 1. The van der Waals surface area contributed by atoms with E-state index in [9.17, 15) is 4.79 Å². The summed E-state index contributed by atoms with van der Waals surface area (Å²) in [6.45, 7) is 7.35. The number of rotatable bonds is 4. The molecule has 2 saturated heterocycles. The molecule has 0 radical (unpaired) electrons. The van der Waals surface area contributed by atoms with Crippen molar-refractivity contribution < 1.29 is 4.79 Å². The third-order valence-corrected chi connectivity index (χ3v) is 6.55. The fraction of sp³-hybridized carbons (Fsp3) is 0.478. The number of fused-ring (bicyclic) bond motifs is 1. The smallest absolute Gasteiger partial charge is 0.257 e. The highest BCUT2D eigenvalue weighted by Crippen LogP contribution is 2.33. The monoisotopic (exact) mass is 419 g/mol. The summed E-state index contributed by atoms with van der Waals surface area (Å²) in [6, 6.07) is 6.55. The minimum Gasteiger partial charge on any atom is -0.357 e. The molecule has 2 aliphatic rings. The third kappa shape index (κ3) is 3.87. The lowest BCUT2D eigenvalue weighted by Gasteiger charge is -2.32. The first-order valence-corrected chi connectivity index (χ1v) is 11.1. The summed E-state index contributed by atoms with van der Waals surface area (Å²) < 4.78 is 1.79. The van der Waals surface area contributed by atoms with Gasteiger partial charge in [-0.1, -0.05) is 0 Å². The number of likely N-dealkylation sites (N-methyl/N-ethyl adjacent to an activating group) is 1. The van der Waals surface area contributed by atoms with Crippen LogP contribution in [-0.2, 0) is 6.54 Å². The molecule has 0 N–H and O–H groups in total. The van der Waals surface area contributed by atoms with Gasteiger partial charge in [0.05, 0.1) is 29.6 Å². The van der Waals surface area contributed by atoms with E-state index in [1.54, 1.807) is 17.2 Å². The predicted molar refractivity (Wildman–Crippen MR) is 120 cm³/mol. The standard InChI is InChI=1S/C23H29N7O/c1-3-30-14-18(13-26-30)23(31)28-8-6-17(7-9-28)22-20-5-4-19(12-21(20)24-15-25-22)29-11-10-27(2)16-29/h4-5,12-15,17H,3,6-11,16H2,1-2H3. The van der Waals surface area contributed by atoms with E-state index in [4.69, 9.17) is 0 Å². The van der Waals surface area contributed by atoms with Crippen LogP contribution in [0.3, 0.4) is 0 Å². The maximum absolute atomic E-state index is 12.8. The summed E-state index contributed by atoms with van der Waals surface area (Å²) >= 11 is 0. The Bertz CT molecular complexity index is 1090. The van der Waals surface area contributed by atoms with Crippen molar-refractivity contribution in [1.82, 2.24) is 29.5 Å². The number of hydrogen-bond acceptors (Lipinski definition) is 6. The molecular formula is C23H29N7O. The van der Waals surface area contributed by atoms with Crippen molar-refractivity contribution in [3.63, 3.8) is 0 Å². The third-order valence-electron chi connectivity index (χ3n) is 6.55. The van der Waals surface area contributed by atoms with Crippen LogP contribution < -0.4 is 4.90 Å². The molecule has 162 valence electrons. The van der Waals surface area contributed by atoms with Gasteiger partial charge in [0.15, 0.2) is 0 Å². The van der Waals surface area contributed by atoms with E-state index in [0.29, 0.717) is 11.5 Å². The zero-order valence-corrected chi connectivity index (χ0v) is 18.2. The van der Waals surface area contributed by atoms with Crippen molar-refractivity contribution in [1.29, 1.82) is 0 Å². The molecule has 3 aromatic rings. The largest absolute Gasteiger partial charge is 0.357 e. The number of carbonyl (C=O) groups is 1. The van der Waals surface area contributed by atoms with Gasteiger partial charge in [0, 0.05) is 55.9 Å². The Morgan fingerprint density at radius 3 is 2.68 bits per heavy atom. The van der Waals surface area contributed by atoms with Gasteiger partial charge < -0.3 is 9.80 Å². The van der Waals surface area contributed by atoms with E-state index in [2.05, 4.69) is 50.1 Å². The van der Waals surface area contributed by atoms with Gasteiger partial charge in [-0.05, 0) is 45.0 Å². The van der Waals surface area contributed by atoms with Crippen LogP contribution in [-0.4, -0.2) is 75.4 Å². The van der Waals surface area contributed by atoms with Gasteiger partial charge in [0.2, 0.25) is 0 Å². The second-order valence-corrected chi connectivity index (χ2v) is 8.60. The molecule has 2 aliphatic heterocycles. The highest BCUT2D eigenvalue weighted by atomic mass is 16.2. The molecule has 4 heterocycles. The van der Waals surface area contributed by atoms with E-state index >= 15 is 0 Å². The lowest BCUT2D eigenvalue weighted by Crippen LogP contribution is -2.38.